The van der Waals surface area contributed by atoms with E-state index in [1.54, 1.807) is 12.1 Å². The Hall–Kier alpha value is -2.65. The molecular formula is C12H8ClN5O. The van der Waals surface area contributed by atoms with Gasteiger partial charge < -0.3 is 11.1 Å². The molecule has 0 aliphatic heterocycles. The molecule has 0 aliphatic carbocycles. The van der Waals surface area contributed by atoms with Crippen molar-refractivity contribution in [2.24, 2.45) is 0 Å². The largest absolute Gasteiger partial charge is 0.382 e. The summed E-state index contributed by atoms with van der Waals surface area (Å²) >= 11 is 5.94. The standard InChI is InChI=1S/C12H8ClN5O/c13-8-3-7(4-14)1-2-9(8)18-12(19)10-5-16-6-11(15)17-10/h1-3,5-6H,(H2,15,17)(H,18,19). The quantitative estimate of drug-likeness (QED) is 0.868. The van der Waals surface area contributed by atoms with Crippen molar-refractivity contribution in [3.05, 3.63) is 46.9 Å². The highest BCUT2D eigenvalue weighted by Gasteiger charge is 2.11. The molecule has 0 saturated heterocycles. The molecule has 0 radical (unpaired) electrons. The van der Waals surface area contributed by atoms with Crippen LogP contribution in [0.2, 0.25) is 5.02 Å². The molecule has 0 spiro atoms. The Balaban J connectivity index is 2.22. The highest BCUT2D eigenvalue weighted by atomic mass is 35.5. The first-order chi connectivity index (χ1) is 9.10. The van der Waals surface area contributed by atoms with Gasteiger partial charge in [0.2, 0.25) is 0 Å². The zero-order valence-electron chi connectivity index (χ0n) is 9.59. The van der Waals surface area contributed by atoms with Crippen molar-refractivity contribution in [3.63, 3.8) is 0 Å². The number of aromatic nitrogens is 2. The molecule has 0 aliphatic rings. The average molecular weight is 274 g/mol. The number of halogens is 1. The third-order valence-corrected chi connectivity index (χ3v) is 2.54. The van der Waals surface area contributed by atoms with E-state index in [0.717, 1.165) is 0 Å². The highest BCUT2D eigenvalue weighted by Crippen LogP contribution is 2.23. The summed E-state index contributed by atoms with van der Waals surface area (Å²) in [5.74, 6) is -0.329. The molecule has 1 aromatic carbocycles. The predicted molar refractivity (Wildman–Crippen MR) is 70.6 cm³/mol. The molecule has 1 heterocycles. The van der Waals surface area contributed by atoms with E-state index in [-0.39, 0.29) is 16.5 Å². The Bertz CT molecular complexity index is 680. The van der Waals surface area contributed by atoms with Gasteiger partial charge in [0.15, 0.2) is 0 Å². The van der Waals surface area contributed by atoms with Crippen LogP contribution in [-0.4, -0.2) is 15.9 Å². The van der Waals surface area contributed by atoms with Gasteiger partial charge >= 0.3 is 0 Å². The number of rotatable bonds is 2. The number of carbonyl (C=O) groups is 1. The van der Waals surface area contributed by atoms with Gasteiger partial charge in [0.1, 0.15) is 11.5 Å². The van der Waals surface area contributed by atoms with E-state index in [1.165, 1.54) is 18.5 Å². The lowest BCUT2D eigenvalue weighted by Crippen LogP contribution is -2.15. The second-order valence-electron chi connectivity index (χ2n) is 3.59. The van der Waals surface area contributed by atoms with E-state index < -0.39 is 5.91 Å². The van der Waals surface area contributed by atoms with Gasteiger partial charge in [-0.25, -0.2) is 4.98 Å². The number of nitrogens with two attached hydrogens (primary N) is 1. The SMILES string of the molecule is N#Cc1ccc(NC(=O)c2cncc(N)n2)c(Cl)c1. The average Bonchev–Trinajstić information content (AvgIpc) is 2.41. The first-order valence-corrected chi connectivity index (χ1v) is 5.56. The summed E-state index contributed by atoms with van der Waals surface area (Å²) in [5, 5.41) is 11.5. The second-order valence-corrected chi connectivity index (χ2v) is 4.00. The third-order valence-electron chi connectivity index (χ3n) is 2.23. The van der Waals surface area contributed by atoms with Crippen LogP contribution in [-0.2, 0) is 0 Å². The topological polar surface area (TPSA) is 105 Å². The Kier molecular flexibility index (Phi) is 3.59. The molecule has 6 nitrogen and oxygen atoms in total. The molecule has 0 saturated carbocycles. The van der Waals surface area contributed by atoms with Gasteiger partial charge in [-0.1, -0.05) is 11.6 Å². The number of hydrogen-bond acceptors (Lipinski definition) is 5. The van der Waals surface area contributed by atoms with Crippen LogP contribution in [0.25, 0.3) is 0 Å². The second kappa shape index (κ2) is 5.33. The van der Waals surface area contributed by atoms with Crippen LogP contribution in [0.4, 0.5) is 11.5 Å². The molecule has 0 fully saturated rings. The summed E-state index contributed by atoms with van der Waals surface area (Å²) in [7, 11) is 0. The molecule has 19 heavy (non-hydrogen) atoms. The maximum absolute atomic E-state index is 11.9. The molecule has 1 aromatic heterocycles. The van der Waals surface area contributed by atoms with Gasteiger partial charge in [0.05, 0.1) is 34.7 Å². The van der Waals surface area contributed by atoms with Gasteiger partial charge in [-0.3, -0.25) is 9.78 Å². The number of nitriles is 1. The molecule has 0 unspecified atom stereocenters. The summed E-state index contributed by atoms with van der Waals surface area (Å²) < 4.78 is 0. The number of carbonyl (C=O) groups excluding carboxylic acids is 1. The van der Waals surface area contributed by atoms with E-state index in [1.807, 2.05) is 6.07 Å². The van der Waals surface area contributed by atoms with Gasteiger partial charge in [-0.2, -0.15) is 5.26 Å². The minimum Gasteiger partial charge on any atom is -0.382 e. The molecular weight excluding hydrogens is 266 g/mol. The molecule has 1 amide bonds. The number of amides is 1. The maximum Gasteiger partial charge on any atom is 0.275 e. The number of hydrogen-bond donors (Lipinski definition) is 2. The lowest BCUT2D eigenvalue weighted by Gasteiger charge is -2.06. The number of nitrogens with zero attached hydrogens (tertiary/aromatic N) is 3. The van der Waals surface area contributed by atoms with E-state index in [4.69, 9.17) is 22.6 Å². The van der Waals surface area contributed by atoms with Crippen molar-refractivity contribution in [2.45, 2.75) is 0 Å². The molecule has 3 N–H and O–H groups in total. The Morgan fingerprint density at radius 3 is 2.84 bits per heavy atom. The van der Waals surface area contributed by atoms with Crippen LogP contribution in [0.5, 0.6) is 0 Å². The summed E-state index contributed by atoms with van der Waals surface area (Å²) in [6, 6.07) is 6.50. The normalized spacial score (nSPS) is 9.68. The summed E-state index contributed by atoms with van der Waals surface area (Å²) in [6.45, 7) is 0. The summed E-state index contributed by atoms with van der Waals surface area (Å²) in [5.41, 5.74) is 6.32. The van der Waals surface area contributed by atoms with Gasteiger partial charge in [0.25, 0.3) is 5.91 Å². The monoisotopic (exact) mass is 273 g/mol. The Morgan fingerprint density at radius 1 is 1.42 bits per heavy atom. The van der Waals surface area contributed by atoms with Crippen LogP contribution in [0.3, 0.4) is 0 Å². The van der Waals surface area contributed by atoms with Crippen molar-refractivity contribution in [1.82, 2.24) is 9.97 Å². The first-order valence-electron chi connectivity index (χ1n) is 5.18. The van der Waals surface area contributed by atoms with Gasteiger partial charge in [-0.05, 0) is 18.2 Å². The molecule has 0 bridgehead atoms. The van der Waals surface area contributed by atoms with Crippen molar-refractivity contribution >= 4 is 29.0 Å². The zero-order chi connectivity index (χ0) is 13.8. The van der Waals surface area contributed by atoms with Crippen LogP contribution in [0.15, 0.2) is 30.6 Å². The lowest BCUT2D eigenvalue weighted by atomic mass is 10.2. The molecule has 0 atom stereocenters. The van der Waals surface area contributed by atoms with Crippen LogP contribution in [0, 0.1) is 11.3 Å². The zero-order valence-corrected chi connectivity index (χ0v) is 10.3. The van der Waals surface area contributed by atoms with Gasteiger partial charge in [0, 0.05) is 0 Å². The van der Waals surface area contributed by atoms with E-state index in [9.17, 15) is 4.79 Å². The van der Waals surface area contributed by atoms with Gasteiger partial charge in [-0.15, -0.1) is 0 Å². The lowest BCUT2D eigenvalue weighted by molar-refractivity contribution is 0.102. The summed E-state index contributed by atoms with van der Waals surface area (Å²) in [4.78, 5) is 19.5. The number of nitrogens with one attached hydrogen (secondary N) is 1. The van der Waals surface area contributed by atoms with E-state index in [2.05, 4.69) is 15.3 Å². The van der Waals surface area contributed by atoms with Crippen molar-refractivity contribution < 1.29 is 4.79 Å². The van der Waals surface area contributed by atoms with Crippen molar-refractivity contribution in [3.8, 4) is 6.07 Å². The predicted octanol–water partition coefficient (Wildman–Crippen LogP) is 1.84. The minimum absolute atomic E-state index is 0.0837. The molecule has 2 rings (SSSR count). The van der Waals surface area contributed by atoms with Crippen LogP contribution in [0.1, 0.15) is 16.1 Å². The molecule has 2 aromatic rings. The van der Waals surface area contributed by atoms with E-state index >= 15 is 0 Å². The van der Waals surface area contributed by atoms with Crippen LogP contribution >= 0.6 is 11.6 Å². The fourth-order valence-electron chi connectivity index (χ4n) is 1.36. The highest BCUT2D eigenvalue weighted by molar-refractivity contribution is 6.34. The molecule has 94 valence electrons. The fraction of sp³-hybridized carbons (Fsp3) is 0. The number of benzene rings is 1. The Labute approximate surface area is 113 Å². The number of nitrogen functional groups attached to an aromatic ring is 1. The first kappa shape index (κ1) is 12.8. The maximum atomic E-state index is 11.9. The smallest absolute Gasteiger partial charge is 0.275 e. The fourth-order valence-corrected chi connectivity index (χ4v) is 1.59. The van der Waals surface area contributed by atoms with E-state index in [0.29, 0.717) is 11.3 Å². The molecule has 7 heteroatoms. The Morgan fingerprint density at radius 2 is 2.21 bits per heavy atom. The van der Waals surface area contributed by atoms with Crippen molar-refractivity contribution in [1.29, 1.82) is 5.26 Å². The third kappa shape index (κ3) is 2.97. The van der Waals surface area contributed by atoms with Crippen molar-refractivity contribution in [2.75, 3.05) is 11.1 Å². The summed E-state index contributed by atoms with van der Waals surface area (Å²) in [6.07, 6.45) is 2.63. The minimum atomic E-state index is -0.480. The number of anilines is 2. The van der Waals surface area contributed by atoms with Crippen LogP contribution < -0.4 is 11.1 Å².